The van der Waals surface area contributed by atoms with E-state index in [4.69, 9.17) is 10.00 Å². The first-order valence-electron chi connectivity index (χ1n) is 5.71. The van der Waals surface area contributed by atoms with Crippen molar-refractivity contribution in [3.63, 3.8) is 0 Å². The van der Waals surface area contributed by atoms with Gasteiger partial charge in [-0.25, -0.2) is 0 Å². The number of rotatable bonds is 5. The quantitative estimate of drug-likeness (QED) is 0.773. The van der Waals surface area contributed by atoms with Gasteiger partial charge in [-0.2, -0.15) is 18.4 Å². The largest absolute Gasteiger partial charge is 0.416 e. The SMILES string of the molecule is COCCCN(C)c1ccc(C(F)(F)F)cc1C#N. The van der Waals surface area contributed by atoms with Crippen molar-refractivity contribution >= 4 is 5.69 Å². The van der Waals surface area contributed by atoms with E-state index in [-0.39, 0.29) is 5.56 Å². The van der Waals surface area contributed by atoms with Crippen molar-refractivity contribution in [1.82, 2.24) is 0 Å². The van der Waals surface area contributed by atoms with Crippen molar-refractivity contribution in [3.05, 3.63) is 29.3 Å². The summed E-state index contributed by atoms with van der Waals surface area (Å²) < 4.78 is 42.5. The lowest BCUT2D eigenvalue weighted by atomic mass is 10.1. The summed E-state index contributed by atoms with van der Waals surface area (Å²) in [5.74, 6) is 0. The van der Waals surface area contributed by atoms with E-state index in [0.717, 1.165) is 18.6 Å². The summed E-state index contributed by atoms with van der Waals surface area (Å²) in [6.07, 6.45) is -3.70. The number of nitriles is 1. The molecule has 0 aromatic heterocycles. The number of hydrogen-bond donors (Lipinski definition) is 0. The molecule has 0 heterocycles. The Bertz CT molecular complexity index is 466. The summed E-state index contributed by atoms with van der Waals surface area (Å²) in [5, 5.41) is 8.96. The van der Waals surface area contributed by atoms with Crippen molar-refractivity contribution in [2.45, 2.75) is 12.6 Å². The standard InChI is InChI=1S/C13H15F3N2O/c1-18(6-3-7-19-2)12-5-4-11(13(14,15)16)8-10(12)9-17/h4-5,8H,3,6-7H2,1-2H3. The lowest BCUT2D eigenvalue weighted by Gasteiger charge is -2.21. The minimum absolute atomic E-state index is 0.0229. The molecular formula is C13H15F3N2O. The zero-order valence-electron chi connectivity index (χ0n) is 10.8. The van der Waals surface area contributed by atoms with Gasteiger partial charge in [-0.3, -0.25) is 0 Å². The van der Waals surface area contributed by atoms with Crippen LogP contribution in [0.2, 0.25) is 0 Å². The second kappa shape index (κ2) is 6.43. The molecule has 0 fully saturated rings. The molecule has 0 spiro atoms. The molecule has 1 aromatic rings. The van der Waals surface area contributed by atoms with Crippen molar-refractivity contribution in [3.8, 4) is 6.07 Å². The Morgan fingerprint density at radius 1 is 1.37 bits per heavy atom. The van der Waals surface area contributed by atoms with Crippen LogP contribution in [0.5, 0.6) is 0 Å². The molecule has 0 saturated heterocycles. The van der Waals surface area contributed by atoms with Gasteiger partial charge >= 0.3 is 6.18 Å². The van der Waals surface area contributed by atoms with Gasteiger partial charge in [0, 0.05) is 27.3 Å². The van der Waals surface area contributed by atoms with Crippen LogP contribution in [0.1, 0.15) is 17.5 Å². The Labute approximate surface area is 110 Å². The number of benzene rings is 1. The number of anilines is 1. The predicted molar refractivity (Wildman–Crippen MR) is 65.9 cm³/mol. The molecule has 1 rings (SSSR count). The molecule has 1 aromatic carbocycles. The van der Waals surface area contributed by atoms with E-state index in [1.165, 1.54) is 6.07 Å². The van der Waals surface area contributed by atoms with E-state index in [2.05, 4.69) is 0 Å². The van der Waals surface area contributed by atoms with Crippen LogP contribution in [0.3, 0.4) is 0 Å². The molecule has 3 nitrogen and oxygen atoms in total. The average Bonchev–Trinajstić information content (AvgIpc) is 2.37. The summed E-state index contributed by atoms with van der Waals surface area (Å²) in [6, 6.07) is 5.00. The minimum Gasteiger partial charge on any atom is -0.385 e. The van der Waals surface area contributed by atoms with Gasteiger partial charge in [-0.05, 0) is 24.6 Å². The van der Waals surface area contributed by atoms with Gasteiger partial charge in [0.2, 0.25) is 0 Å². The van der Waals surface area contributed by atoms with E-state index in [9.17, 15) is 13.2 Å². The number of ether oxygens (including phenoxy) is 1. The van der Waals surface area contributed by atoms with Crippen LogP contribution in [0.15, 0.2) is 18.2 Å². The van der Waals surface area contributed by atoms with Crippen LogP contribution >= 0.6 is 0 Å². The normalized spacial score (nSPS) is 11.2. The number of halogens is 3. The number of methoxy groups -OCH3 is 1. The van der Waals surface area contributed by atoms with Gasteiger partial charge in [0.15, 0.2) is 0 Å². The average molecular weight is 272 g/mol. The van der Waals surface area contributed by atoms with E-state index in [1.54, 1.807) is 25.1 Å². The summed E-state index contributed by atoms with van der Waals surface area (Å²) in [4.78, 5) is 1.75. The van der Waals surface area contributed by atoms with Crippen LogP contribution in [-0.2, 0) is 10.9 Å². The summed E-state index contributed by atoms with van der Waals surface area (Å²) in [6.45, 7) is 1.17. The Morgan fingerprint density at radius 2 is 2.05 bits per heavy atom. The van der Waals surface area contributed by atoms with Gasteiger partial charge < -0.3 is 9.64 Å². The van der Waals surface area contributed by atoms with Crippen LogP contribution in [-0.4, -0.2) is 27.3 Å². The summed E-state index contributed by atoms with van der Waals surface area (Å²) >= 11 is 0. The molecule has 0 N–H and O–H groups in total. The molecule has 0 saturated carbocycles. The van der Waals surface area contributed by atoms with E-state index >= 15 is 0 Å². The number of alkyl halides is 3. The third-order valence-electron chi connectivity index (χ3n) is 2.70. The molecular weight excluding hydrogens is 257 g/mol. The molecule has 19 heavy (non-hydrogen) atoms. The fourth-order valence-electron chi connectivity index (χ4n) is 1.70. The topological polar surface area (TPSA) is 36.3 Å². The maximum absolute atomic E-state index is 12.5. The summed E-state index contributed by atoms with van der Waals surface area (Å²) in [5.41, 5.74) is -0.292. The molecule has 0 aliphatic rings. The first-order valence-corrected chi connectivity index (χ1v) is 5.71. The smallest absolute Gasteiger partial charge is 0.385 e. The van der Waals surface area contributed by atoms with Crippen LogP contribution < -0.4 is 4.90 Å². The number of nitrogens with zero attached hydrogens (tertiary/aromatic N) is 2. The van der Waals surface area contributed by atoms with Gasteiger partial charge in [-0.15, -0.1) is 0 Å². The molecule has 0 amide bonds. The van der Waals surface area contributed by atoms with Crippen molar-refractivity contribution in [1.29, 1.82) is 5.26 Å². The molecule has 0 radical (unpaired) electrons. The van der Waals surface area contributed by atoms with E-state index in [1.807, 2.05) is 0 Å². The first kappa shape index (κ1) is 15.3. The van der Waals surface area contributed by atoms with Crippen LogP contribution in [0.25, 0.3) is 0 Å². The van der Waals surface area contributed by atoms with Crippen LogP contribution in [0, 0.1) is 11.3 Å². The molecule has 0 unspecified atom stereocenters. The Kier molecular flexibility index (Phi) is 5.19. The van der Waals surface area contributed by atoms with Crippen molar-refractivity contribution < 1.29 is 17.9 Å². The molecule has 104 valence electrons. The maximum Gasteiger partial charge on any atom is 0.416 e. The predicted octanol–water partition coefficient (Wildman–Crippen LogP) is 3.05. The second-order valence-corrected chi connectivity index (χ2v) is 4.11. The highest BCUT2D eigenvalue weighted by molar-refractivity contribution is 5.60. The molecule has 6 heteroatoms. The third-order valence-corrected chi connectivity index (χ3v) is 2.70. The Balaban J connectivity index is 2.94. The second-order valence-electron chi connectivity index (χ2n) is 4.11. The third kappa shape index (κ3) is 4.14. The van der Waals surface area contributed by atoms with Gasteiger partial charge in [-0.1, -0.05) is 0 Å². The van der Waals surface area contributed by atoms with Gasteiger partial charge in [0.1, 0.15) is 6.07 Å². The van der Waals surface area contributed by atoms with Gasteiger partial charge in [0.25, 0.3) is 0 Å². The lowest BCUT2D eigenvalue weighted by Crippen LogP contribution is -2.21. The summed E-state index contributed by atoms with van der Waals surface area (Å²) in [7, 11) is 3.32. The highest BCUT2D eigenvalue weighted by Crippen LogP contribution is 2.32. The number of hydrogen-bond acceptors (Lipinski definition) is 3. The maximum atomic E-state index is 12.5. The fourth-order valence-corrected chi connectivity index (χ4v) is 1.70. The molecule has 0 aliphatic carbocycles. The Morgan fingerprint density at radius 3 is 2.58 bits per heavy atom. The zero-order valence-corrected chi connectivity index (χ0v) is 10.8. The molecule has 0 bridgehead atoms. The Hall–Kier alpha value is -1.74. The fraction of sp³-hybridized carbons (Fsp3) is 0.462. The molecule has 0 atom stereocenters. The van der Waals surface area contributed by atoms with E-state index < -0.39 is 11.7 Å². The zero-order chi connectivity index (χ0) is 14.5. The van der Waals surface area contributed by atoms with Gasteiger partial charge in [0.05, 0.1) is 16.8 Å². The van der Waals surface area contributed by atoms with Crippen molar-refractivity contribution in [2.24, 2.45) is 0 Å². The van der Waals surface area contributed by atoms with Crippen molar-refractivity contribution in [2.75, 3.05) is 32.2 Å². The molecule has 0 aliphatic heterocycles. The first-order chi connectivity index (χ1) is 8.90. The minimum atomic E-state index is -4.43. The highest BCUT2D eigenvalue weighted by atomic mass is 19.4. The lowest BCUT2D eigenvalue weighted by molar-refractivity contribution is -0.137. The van der Waals surface area contributed by atoms with E-state index in [0.29, 0.717) is 18.8 Å². The van der Waals surface area contributed by atoms with Crippen LogP contribution in [0.4, 0.5) is 18.9 Å². The highest BCUT2D eigenvalue weighted by Gasteiger charge is 2.31. The monoisotopic (exact) mass is 272 g/mol.